The summed E-state index contributed by atoms with van der Waals surface area (Å²) in [5.74, 6) is 1.33. The third-order valence-corrected chi connectivity index (χ3v) is 4.79. The third-order valence-electron chi connectivity index (χ3n) is 4.79. The quantitative estimate of drug-likeness (QED) is 0.674. The SMILES string of the molecule is FC(F)Oc1ccc(-c2cc3nccnc3c(NCC3CCCNC3)n2)cc1. The fourth-order valence-corrected chi connectivity index (χ4v) is 3.39. The van der Waals surface area contributed by atoms with E-state index in [0.717, 1.165) is 30.7 Å². The predicted octanol–water partition coefficient (Wildman–Crippen LogP) is 3.70. The minimum Gasteiger partial charge on any atom is -0.435 e. The minimum absolute atomic E-state index is 0.113. The molecule has 0 aliphatic carbocycles. The average Bonchev–Trinajstić information content (AvgIpc) is 2.73. The Bertz CT molecular complexity index is 930. The summed E-state index contributed by atoms with van der Waals surface area (Å²) in [7, 11) is 0. The van der Waals surface area contributed by atoms with E-state index < -0.39 is 6.61 Å². The second kappa shape index (κ2) is 8.43. The van der Waals surface area contributed by atoms with E-state index in [2.05, 4.69) is 25.3 Å². The van der Waals surface area contributed by atoms with E-state index >= 15 is 0 Å². The molecule has 3 heterocycles. The Labute approximate surface area is 161 Å². The normalized spacial score (nSPS) is 17.0. The number of hydrogen-bond donors (Lipinski definition) is 2. The van der Waals surface area contributed by atoms with Crippen LogP contribution in [-0.4, -0.2) is 41.2 Å². The van der Waals surface area contributed by atoms with Gasteiger partial charge < -0.3 is 15.4 Å². The van der Waals surface area contributed by atoms with Gasteiger partial charge in [-0.15, -0.1) is 0 Å². The summed E-state index contributed by atoms with van der Waals surface area (Å²) in [6.07, 6.45) is 5.64. The molecular weight excluding hydrogens is 364 g/mol. The van der Waals surface area contributed by atoms with Crippen molar-refractivity contribution in [1.82, 2.24) is 20.3 Å². The number of aromatic nitrogens is 3. The monoisotopic (exact) mass is 385 g/mol. The summed E-state index contributed by atoms with van der Waals surface area (Å²) in [5.41, 5.74) is 2.93. The van der Waals surface area contributed by atoms with Gasteiger partial charge in [-0.3, -0.25) is 4.98 Å². The van der Waals surface area contributed by atoms with Gasteiger partial charge in [-0.1, -0.05) is 0 Å². The van der Waals surface area contributed by atoms with Crippen LogP contribution in [0.1, 0.15) is 12.8 Å². The number of anilines is 1. The van der Waals surface area contributed by atoms with Crippen molar-refractivity contribution in [2.24, 2.45) is 5.92 Å². The van der Waals surface area contributed by atoms with Crippen LogP contribution >= 0.6 is 0 Å². The minimum atomic E-state index is -2.84. The zero-order chi connectivity index (χ0) is 19.3. The number of alkyl halides is 2. The van der Waals surface area contributed by atoms with Crippen LogP contribution in [0.2, 0.25) is 0 Å². The van der Waals surface area contributed by atoms with E-state index in [-0.39, 0.29) is 5.75 Å². The number of rotatable bonds is 6. The Morgan fingerprint density at radius 2 is 2.00 bits per heavy atom. The van der Waals surface area contributed by atoms with E-state index in [0.29, 0.717) is 22.9 Å². The van der Waals surface area contributed by atoms with Crippen LogP contribution in [-0.2, 0) is 0 Å². The molecule has 4 rings (SSSR count). The van der Waals surface area contributed by atoms with Crippen molar-refractivity contribution in [3.63, 3.8) is 0 Å². The molecule has 0 bridgehead atoms. The summed E-state index contributed by atoms with van der Waals surface area (Å²) >= 11 is 0. The molecule has 1 atom stereocenters. The molecule has 0 spiro atoms. The van der Waals surface area contributed by atoms with Crippen molar-refractivity contribution in [1.29, 1.82) is 0 Å². The van der Waals surface area contributed by atoms with E-state index in [1.807, 2.05) is 6.07 Å². The Hall–Kier alpha value is -2.87. The summed E-state index contributed by atoms with van der Waals surface area (Å²) in [4.78, 5) is 13.5. The van der Waals surface area contributed by atoms with Crippen molar-refractivity contribution < 1.29 is 13.5 Å². The first-order valence-corrected chi connectivity index (χ1v) is 9.30. The standard InChI is InChI=1S/C20H21F2N5O/c21-20(22)28-15-5-3-14(4-6-15)16-10-17-18(25-9-8-24-17)19(27-16)26-12-13-2-1-7-23-11-13/h3-6,8-10,13,20,23H,1-2,7,11-12H2,(H,26,27). The Morgan fingerprint density at radius 3 is 2.75 bits per heavy atom. The first-order valence-electron chi connectivity index (χ1n) is 9.30. The van der Waals surface area contributed by atoms with Crippen LogP contribution in [0.4, 0.5) is 14.6 Å². The average molecular weight is 385 g/mol. The molecule has 1 aliphatic heterocycles. The van der Waals surface area contributed by atoms with Crippen molar-refractivity contribution >= 4 is 16.9 Å². The van der Waals surface area contributed by atoms with Crippen LogP contribution in [0.25, 0.3) is 22.3 Å². The summed E-state index contributed by atoms with van der Waals surface area (Å²) in [5, 5.41) is 6.84. The van der Waals surface area contributed by atoms with Crippen molar-refractivity contribution in [2.45, 2.75) is 19.5 Å². The number of nitrogens with one attached hydrogen (secondary N) is 2. The molecule has 1 fully saturated rings. The van der Waals surface area contributed by atoms with E-state index in [1.54, 1.807) is 24.5 Å². The van der Waals surface area contributed by atoms with E-state index in [4.69, 9.17) is 4.98 Å². The van der Waals surface area contributed by atoms with Crippen molar-refractivity contribution in [3.05, 3.63) is 42.7 Å². The highest BCUT2D eigenvalue weighted by molar-refractivity contribution is 5.88. The number of fused-ring (bicyclic) bond motifs is 1. The number of halogens is 2. The first-order chi connectivity index (χ1) is 13.7. The summed E-state index contributed by atoms with van der Waals surface area (Å²) < 4.78 is 29.1. The molecule has 28 heavy (non-hydrogen) atoms. The van der Waals surface area contributed by atoms with Gasteiger partial charge in [0.1, 0.15) is 11.3 Å². The number of pyridine rings is 1. The lowest BCUT2D eigenvalue weighted by Gasteiger charge is -2.23. The van der Waals surface area contributed by atoms with E-state index in [9.17, 15) is 8.78 Å². The number of benzene rings is 1. The molecule has 2 N–H and O–H groups in total. The maximum absolute atomic E-state index is 12.3. The number of hydrogen-bond acceptors (Lipinski definition) is 6. The topological polar surface area (TPSA) is 72.0 Å². The number of piperidine rings is 1. The highest BCUT2D eigenvalue weighted by Crippen LogP contribution is 2.27. The molecule has 1 aromatic carbocycles. The molecular formula is C20H21F2N5O. The molecule has 0 radical (unpaired) electrons. The van der Waals surface area contributed by atoms with Gasteiger partial charge in [-0.05, 0) is 62.2 Å². The molecule has 8 heteroatoms. The second-order valence-electron chi connectivity index (χ2n) is 6.78. The maximum atomic E-state index is 12.3. The third kappa shape index (κ3) is 4.33. The zero-order valence-electron chi connectivity index (χ0n) is 15.2. The van der Waals surface area contributed by atoms with E-state index in [1.165, 1.54) is 25.0 Å². The number of nitrogens with zero attached hydrogens (tertiary/aromatic N) is 3. The molecule has 6 nitrogen and oxygen atoms in total. The smallest absolute Gasteiger partial charge is 0.387 e. The molecule has 0 amide bonds. The van der Waals surface area contributed by atoms with Gasteiger partial charge >= 0.3 is 6.61 Å². The van der Waals surface area contributed by atoms with Gasteiger partial charge in [0.15, 0.2) is 5.82 Å². The van der Waals surface area contributed by atoms with Crippen LogP contribution < -0.4 is 15.4 Å². The predicted molar refractivity (Wildman–Crippen MR) is 103 cm³/mol. The van der Waals surface area contributed by atoms with Crippen LogP contribution in [0, 0.1) is 5.92 Å². The lowest BCUT2D eigenvalue weighted by molar-refractivity contribution is -0.0498. The Kier molecular flexibility index (Phi) is 5.57. The Balaban J connectivity index is 1.61. The van der Waals surface area contributed by atoms with Gasteiger partial charge in [-0.2, -0.15) is 8.78 Å². The highest BCUT2D eigenvalue weighted by atomic mass is 19.3. The molecule has 1 unspecified atom stereocenters. The van der Waals surface area contributed by atoms with Gasteiger partial charge in [0.25, 0.3) is 0 Å². The van der Waals surface area contributed by atoms with Crippen LogP contribution in [0.15, 0.2) is 42.7 Å². The van der Waals surface area contributed by atoms with Gasteiger partial charge in [0.2, 0.25) is 0 Å². The highest BCUT2D eigenvalue weighted by Gasteiger charge is 2.15. The summed E-state index contributed by atoms with van der Waals surface area (Å²) in [6.45, 7) is 0.0206. The second-order valence-corrected chi connectivity index (χ2v) is 6.78. The molecule has 3 aromatic rings. The van der Waals surface area contributed by atoms with Crippen molar-refractivity contribution in [2.75, 3.05) is 25.0 Å². The molecule has 146 valence electrons. The fourth-order valence-electron chi connectivity index (χ4n) is 3.39. The fraction of sp³-hybridized carbons (Fsp3) is 0.350. The van der Waals surface area contributed by atoms with Gasteiger partial charge in [0.05, 0.1) is 11.2 Å². The lowest BCUT2D eigenvalue weighted by atomic mass is 10.00. The first kappa shape index (κ1) is 18.5. The van der Waals surface area contributed by atoms with Crippen LogP contribution in [0.5, 0.6) is 5.75 Å². The molecule has 1 saturated heterocycles. The van der Waals surface area contributed by atoms with Gasteiger partial charge in [0, 0.05) is 24.5 Å². The molecule has 2 aromatic heterocycles. The van der Waals surface area contributed by atoms with Crippen LogP contribution in [0.3, 0.4) is 0 Å². The molecule has 0 saturated carbocycles. The summed E-state index contributed by atoms with van der Waals surface area (Å²) in [6, 6.07) is 8.27. The molecule has 1 aliphatic rings. The Morgan fingerprint density at radius 1 is 1.18 bits per heavy atom. The van der Waals surface area contributed by atoms with Gasteiger partial charge in [-0.25, -0.2) is 9.97 Å². The maximum Gasteiger partial charge on any atom is 0.387 e. The zero-order valence-corrected chi connectivity index (χ0v) is 15.2. The lowest BCUT2D eigenvalue weighted by Crippen LogP contribution is -2.33. The van der Waals surface area contributed by atoms with Crippen molar-refractivity contribution in [3.8, 4) is 17.0 Å². The largest absolute Gasteiger partial charge is 0.435 e. The number of ether oxygens (including phenoxy) is 1.